The van der Waals surface area contributed by atoms with Crippen molar-refractivity contribution >= 4 is 5.91 Å². The largest absolute Gasteiger partial charge is 0.391 e. The molecule has 0 bridgehead atoms. The molecule has 0 radical (unpaired) electrons. The topological polar surface area (TPSA) is 93.2 Å². The number of carbonyl (C=O) groups excluding carboxylic acids is 1. The van der Waals surface area contributed by atoms with E-state index in [9.17, 15) is 9.90 Å². The molecular weight excluding hydrogens is 280 g/mol. The first-order valence-electron chi connectivity index (χ1n) is 8.12. The molecule has 0 saturated heterocycles. The van der Waals surface area contributed by atoms with Gasteiger partial charge in [-0.25, -0.2) is 0 Å². The lowest BCUT2D eigenvalue weighted by atomic mass is 9.84. The van der Waals surface area contributed by atoms with Crippen LogP contribution in [0.2, 0.25) is 0 Å². The smallest absolute Gasteiger partial charge is 0.223 e. The zero-order valence-corrected chi connectivity index (χ0v) is 13.8. The van der Waals surface area contributed by atoms with Gasteiger partial charge in [0.25, 0.3) is 0 Å². The van der Waals surface area contributed by atoms with Gasteiger partial charge in [0.05, 0.1) is 11.8 Å². The van der Waals surface area contributed by atoms with Crippen LogP contribution < -0.4 is 11.1 Å². The van der Waals surface area contributed by atoms with Gasteiger partial charge in [-0.05, 0) is 52.0 Å². The number of aliphatic hydroxyl groups is 1. The number of aryl methyl sites for hydroxylation is 2. The number of nitrogens with zero attached hydrogens (tertiary/aromatic N) is 2. The van der Waals surface area contributed by atoms with Gasteiger partial charge in [0.2, 0.25) is 5.91 Å². The molecule has 6 nitrogen and oxygen atoms in total. The summed E-state index contributed by atoms with van der Waals surface area (Å²) < 4.78 is 2.00. The average molecular weight is 308 g/mol. The Hall–Kier alpha value is -1.40. The van der Waals surface area contributed by atoms with Crippen molar-refractivity contribution in [3.63, 3.8) is 0 Å². The average Bonchev–Trinajstić information content (AvgIpc) is 2.73. The number of carbonyl (C=O) groups is 1. The molecule has 4 N–H and O–H groups in total. The van der Waals surface area contributed by atoms with E-state index >= 15 is 0 Å². The minimum atomic E-state index is -0.554. The van der Waals surface area contributed by atoms with E-state index in [1.807, 2.05) is 11.6 Å². The van der Waals surface area contributed by atoms with E-state index in [0.717, 1.165) is 25.1 Å². The molecule has 1 heterocycles. The molecule has 0 unspecified atom stereocenters. The van der Waals surface area contributed by atoms with Crippen LogP contribution >= 0.6 is 0 Å². The van der Waals surface area contributed by atoms with Crippen molar-refractivity contribution in [1.82, 2.24) is 15.1 Å². The van der Waals surface area contributed by atoms with Crippen LogP contribution in [0.1, 0.15) is 42.6 Å². The maximum absolute atomic E-state index is 12.1. The van der Waals surface area contributed by atoms with Crippen LogP contribution in [-0.4, -0.2) is 39.5 Å². The lowest BCUT2D eigenvalue weighted by Crippen LogP contribution is -2.44. The van der Waals surface area contributed by atoms with Crippen molar-refractivity contribution in [1.29, 1.82) is 0 Å². The molecule has 1 fully saturated rings. The highest BCUT2D eigenvalue weighted by molar-refractivity contribution is 5.78. The minimum absolute atomic E-state index is 0.0375. The summed E-state index contributed by atoms with van der Waals surface area (Å²) in [5, 5.41) is 17.2. The summed E-state index contributed by atoms with van der Waals surface area (Å²) in [4.78, 5) is 12.1. The van der Waals surface area contributed by atoms with Crippen LogP contribution in [0.4, 0.5) is 0 Å². The SMILES string of the molecule is Cc1nn(CCCNC(=O)[C@H]2CC[C@H](N)[C@@H](O)C2)c(C)c1C. The molecule has 124 valence electrons. The van der Waals surface area contributed by atoms with Crippen molar-refractivity contribution in [3.8, 4) is 0 Å². The molecule has 1 aliphatic carbocycles. The molecule has 22 heavy (non-hydrogen) atoms. The van der Waals surface area contributed by atoms with Gasteiger partial charge in [0.1, 0.15) is 0 Å². The van der Waals surface area contributed by atoms with Crippen LogP contribution in [0.5, 0.6) is 0 Å². The normalized spacial score (nSPS) is 25.2. The second-order valence-corrected chi connectivity index (χ2v) is 6.40. The van der Waals surface area contributed by atoms with Gasteiger partial charge >= 0.3 is 0 Å². The third-order valence-corrected chi connectivity index (χ3v) is 4.83. The Morgan fingerprint density at radius 3 is 2.73 bits per heavy atom. The van der Waals surface area contributed by atoms with Crippen molar-refractivity contribution in [2.75, 3.05) is 6.54 Å². The van der Waals surface area contributed by atoms with Gasteiger partial charge in [-0.1, -0.05) is 0 Å². The van der Waals surface area contributed by atoms with E-state index in [1.54, 1.807) is 0 Å². The zero-order valence-electron chi connectivity index (χ0n) is 13.8. The van der Waals surface area contributed by atoms with E-state index in [-0.39, 0.29) is 17.9 Å². The van der Waals surface area contributed by atoms with Crippen molar-refractivity contribution in [3.05, 3.63) is 17.0 Å². The number of nitrogens with two attached hydrogens (primary N) is 1. The molecule has 0 spiro atoms. The minimum Gasteiger partial charge on any atom is -0.391 e. The summed E-state index contributed by atoms with van der Waals surface area (Å²) in [6.07, 6.45) is 2.25. The summed E-state index contributed by atoms with van der Waals surface area (Å²) >= 11 is 0. The van der Waals surface area contributed by atoms with E-state index < -0.39 is 6.10 Å². The number of rotatable bonds is 5. The van der Waals surface area contributed by atoms with Gasteiger partial charge in [-0.3, -0.25) is 9.48 Å². The highest BCUT2D eigenvalue weighted by Crippen LogP contribution is 2.23. The molecule has 0 aliphatic heterocycles. The summed E-state index contributed by atoms with van der Waals surface area (Å²) in [5.41, 5.74) is 9.25. The Balaban J connectivity index is 1.72. The Labute approximate surface area is 132 Å². The molecule has 3 atom stereocenters. The van der Waals surface area contributed by atoms with Crippen molar-refractivity contribution in [2.45, 2.75) is 65.1 Å². The van der Waals surface area contributed by atoms with Gasteiger partial charge < -0.3 is 16.2 Å². The highest BCUT2D eigenvalue weighted by atomic mass is 16.3. The lowest BCUT2D eigenvalue weighted by molar-refractivity contribution is -0.127. The highest BCUT2D eigenvalue weighted by Gasteiger charge is 2.30. The van der Waals surface area contributed by atoms with E-state index in [1.165, 1.54) is 11.3 Å². The fourth-order valence-corrected chi connectivity index (χ4v) is 3.00. The number of amides is 1. The van der Waals surface area contributed by atoms with Gasteiger partial charge in [0, 0.05) is 30.7 Å². The summed E-state index contributed by atoms with van der Waals surface area (Å²) in [6.45, 7) is 7.60. The molecule has 6 heteroatoms. The maximum Gasteiger partial charge on any atom is 0.223 e. The molecule has 1 aromatic rings. The Morgan fingerprint density at radius 1 is 1.41 bits per heavy atom. The first-order chi connectivity index (χ1) is 10.4. The van der Waals surface area contributed by atoms with E-state index in [2.05, 4.69) is 24.3 Å². The van der Waals surface area contributed by atoms with Crippen LogP contribution in [-0.2, 0) is 11.3 Å². The summed E-state index contributed by atoms with van der Waals surface area (Å²) in [5.74, 6) is -0.0683. The molecule has 1 aromatic heterocycles. The monoisotopic (exact) mass is 308 g/mol. The Bertz CT molecular complexity index is 526. The molecule has 1 amide bonds. The van der Waals surface area contributed by atoms with Crippen LogP contribution in [0.15, 0.2) is 0 Å². The van der Waals surface area contributed by atoms with Crippen LogP contribution in [0.25, 0.3) is 0 Å². The fourth-order valence-electron chi connectivity index (χ4n) is 3.00. The quantitative estimate of drug-likeness (QED) is 0.702. The fraction of sp³-hybridized carbons (Fsp3) is 0.750. The molecule has 1 saturated carbocycles. The second kappa shape index (κ2) is 7.24. The van der Waals surface area contributed by atoms with Gasteiger partial charge in [0.15, 0.2) is 0 Å². The first-order valence-corrected chi connectivity index (χ1v) is 8.12. The Morgan fingerprint density at radius 2 is 2.14 bits per heavy atom. The number of aliphatic hydroxyl groups excluding tert-OH is 1. The third-order valence-electron chi connectivity index (χ3n) is 4.83. The summed E-state index contributed by atoms with van der Waals surface area (Å²) in [6, 6.07) is -0.182. The van der Waals surface area contributed by atoms with Gasteiger partial charge in [-0.2, -0.15) is 5.10 Å². The molecule has 1 aliphatic rings. The number of aromatic nitrogens is 2. The van der Waals surface area contributed by atoms with Gasteiger partial charge in [-0.15, -0.1) is 0 Å². The summed E-state index contributed by atoms with van der Waals surface area (Å²) in [7, 11) is 0. The first kappa shape index (κ1) is 17.0. The van der Waals surface area contributed by atoms with Crippen LogP contribution in [0.3, 0.4) is 0 Å². The number of hydrogen-bond acceptors (Lipinski definition) is 4. The van der Waals surface area contributed by atoms with E-state index in [4.69, 9.17) is 5.73 Å². The second-order valence-electron chi connectivity index (χ2n) is 6.40. The molecule has 0 aromatic carbocycles. The standard InChI is InChI=1S/C16H28N4O2/c1-10-11(2)19-20(12(10)3)8-4-7-18-16(22)13-5-6-14(17)15(21)9-13/h13-15,21H,4-9,17H2,1-3H3,(H,18,22)/t13-,14-,15-/m0/s1. The van der Waals surface area contributed by atoms with Crippen molar-refractivity contribution in [2.24, 2.45) is 11.7 Å². The molecule has 2 rings (SSSR count). The van der Waals surface area contributed by atoms with Crippen LogP contribution in [0, 0.1) is 26.7 Å². The maximum atomic E-state index is 12.1. The zero-order chi connectivity index (χ0) is 16.3. The molecular formula is C16H28N4O2. The predicted molar refractivity (Wildman–Crippen MR) is 85.4 cm³/mol. The number of hydrogen-bond donors (Lipinski definition) is 3. The number of nitrogens with one attached hydrogen (secondary N) is 1. The Kier molecular flexibility index (Phi) is 5.58. The van der Waals surface area contributed by atoms with E-state index in [0.29, 0.717) is 19.4 Å². The lowest BCUT2D eigenvalue weighted by Gasteiger charge is -2.29. The van der Waals surface area contributed by atoms with Crippen molar-refractivity contribution < 1.29 is 9.90 Å². The predicted octanol–water partition coefficient (Wildman–Crippen LogP) is 0.803. The third kappa shape index (κ3) is 3.87.